The van der Waals surface area contributed by atoms with Crippen LogP contribution in [0.5, 0.6) is 0 Å². The zero-order valence-corrected chi connectivity index (χ0v) is 13.0. The molecule has 3 nitrogen and oxygen atoms in total. The van der Waals surface area contributed by atoms with E-state index in [2.05, 4.69) is 5.32 Å². The average Bonchev–Trinajstić information content (AvgIpc) is 2.57. The van der Waals surface area contributed by atoms with Gasteiger partial charge in [0.05, 0.1) is 5.92 Å². The first-order valence-electron chi connectivity index (χ1n) is 7.69. The van der Waals surface area contributed by atoms with Gasteiger partial charge in [-0.2, -0.15) is 0 Å². The smallest absolute Gasteiger partial charge is 0.232 e. The van der Waals surface area contributed by atoms with Crippen molar-refractivity contribution in [3.05, 3.63) is 71.8 Å². The average molecular weight is 297 g/mol. The van der Waals surface area contributed by atoms with Gasteiger partial charge in [-0.25, -0.2) is 0 Å². The van der Waals surface area contributed by atoms with Crippen molar-refractivity contribution < 1.29 is 9.53 Å². The molecule has 1 N–H and O–H groups in total. The molecule has 0 heterocycles. The van der Waals surface area contributed by atoms with Gasteiger partial charge in [-0.05, 0) is 24.0 Å². The van der Waals surface area contributed by atoms with Crippen LogP contribution < -0.4 is 5.32 Å². The Morgan fingerprint density at radius 3 is 2.00 bits per heavy atom. The quantitative estimate of drug-likeness (QED) is 0.759. The molecule has 116 valence electrons. The summed E-state index contributed by atoms with van der Waals surface area (Å²) in [6, 6.07) is 19.8. The van der Waals surface area contributed by atoms with E-state index in [1.807, 2.05) is 60.7 Å². The molecule has 0 aromatic heterocycles. The Kier molecular flexibility index (Phi) is 6.65. The van der Waals surface area contributed by atoms with Gasteiger partial charge >= 0.3 is 0 Å². The molecule has 0 unspecified atom stereocenters. The van der Waals surface area contributed by atoms with Gasteiger partial charge in [0.2, 0.25) is 5.91 Å². The molecule has 2 aromatic carbocycles. The fourth-order valence-electron chi connectivity index (χ4n) is 2.47. The van der Waals surface area contributed by atoms with Gasteiger partial charge in [0.15, 0.2) is 0 Å². The van der Waals surface area contributed by atoms with Crippen LogP contribution in [-0.4, -0.2) is 26.2 Å². The summed E-state index contributed by atoms with van der Waals surface area (Å²) >= 11 is 0. The van der Waals surface area contributed by atoms with Gasteiger partial charge in [0.1, 0.15) is 0 Å². The van der Waals surface area contributed by atoms with E-state index in [1.165, 1.54) is 0 Å². The maximum absolute atomic E-state index is 12.6. The fourth-order valence-corrected chi connectivity index (χ4v) is 2.47. The molecular weight excluding hydrogens is 274 g/mol. The van der Waals surface area contributed by atoms with Crippen molar-refractivity contribution >= 4 is 5.91 Å². The van der Waals surface area contributed by atoms with E-state index in [-0.39, 0.29) is 11.8 Å². The van der Waals surface area contributed by atoms with Gasteiger partial charge < -0.3 is 10.1 Å². The number of methoxy groups -OCH3 is 1. The van der Waals surface area contributed by atoms with E-state index < -0.39 is 0 Å². The second-order valence-corrected chi connectivity index (χ2v) is 5.25. The first-order chi connectivity index (χ1) is 10.8. The zero-order valence-electron chi connectivity index (χ0n) is 13.0. The van der Waals surface area contributed by atoms with Gasteiger partial charge in [0.25, 0.3) is 0 Å². The Morgan fingerprint density at radius 1 is 0.955 bits per heavy atom. The lowest BCUT2D eigenvalue weighted by atomic mass is 9.90. The number of hydrogen-bond acceptors (Lipinski definition) is 2. The van der Waals surface area contributed by atoms with Crippen molar-refractivity contribution in [1.29, 1.82) is 0 Å². The maximum Gasteiger partial charge on any atom is 0.232 e. The first kappa shape index (κ1) is 16.2. The Bertz CT molecular complexity index is 515. The molecule has 0 saturated carbocycles. The molecule has 2 rings (SSSR count). The molecule has 1 amide bonds. The highest BCUT2D eigenvalue weighted by Crippen LogP contribution is 2.24. The minimum absolute atomic E-state index is 0.0508. The minimum atomic E-state index is -0.259. The van der Waals surface area contributed by atoms with E-state index in [0.717, 1.165) is 30.6 Å². The Hall–Kier alpha value is -2.13. The summed E-state index contributed by atoms with van der Waals surface area (Å²) in [7, 11) is 1.69. The summed E-state index contributed by atoms with van der Waals surface area (Å²) in [5.41, 5.74) is 2.03. The normalized spacial score (nSPS) is 10.6. The maximum atomic E-state index is 12.6. The van der Waals surface area contributed by atoms with E-state index >= 15 is 0 Å². The van der Waals surface area contributed by atoms with Crippen LogP contribution in [-0.2, 0) is 9.53 Å². The number of hydrogen-bond donors (Lipinski definition) is 1. The van der Waals surface area contributed by atoms with Crippen LogP contribution in [0, 0.1) is 0 Å². The number of ether oxygens (including phenoxy) is 1. The molecule has 0 radical (unpaired) electrons. The summed E-state index contributed by atoms with van der Waals surface area (Å²) in [6.07, 6.45) is 1.88. The zero-order chi connectivity index (χ0) is 15.6. The number of rotatable bonds is 8. The van der Waals surface area contributed by atoms with E-state index in [4.69, 9.17) is 4.74 Å². The molecule has 0 aliphatic carbocycles. The molecule has 0 aliphatic rings. The van der Waals surface area contributed by atoms with Crippen molar-refractivity contribution in [2.45, 2.75) is 18.8 Å². The number of benzene rings is 2. The van der Waals surface area contributed by atoms with Crippen molar-refractivity contribution in [2.75, 3.05) is 20.3 Å². The van der Waals surface area contributed by atoms with Gasteiger partial charge in [-0.3, -0.25) is 4.79 Å². The fraction of sp³-hybridized carbons (Fsp3) is 0.316. The Balaban J connectivity index is 2.07. The predicted octanol–water partition coefficient (Wildman–Crippen LogP) is 3.36. The molecular formula is C19H23NO2. The third kappa shape index (κ3) is 4.71. The summed E-state index contributed by atoms with van der Waals surface area (Å²) in [4.78, 5) is 12.6. The molecule has 22 heavy (non-hydrogen) atoms. The van der Waals surface area contributed by atoms with E-state index in [9.17, 15) is 4.79 Å². The van der Waals surface area contributed by atoms with Crippen molar-refractivity contribution in [3.63, 3.8) is 0 Å². The largest absolute Gasteiger partial charge is 0.385 e. The molecule has 0 bridgehead atoms. The van der Waals surface area contributed by atoms with Crippen LogP contribution in [0.25, 0.3) is 0 Å². The molecule has 0 fully saturated rings. The lowest BCUT2D eigenvalue weighted by molar-refractivity contribution is -0.121. The molecule has 2 aromatic rings. The topological polar surface area (TPSA) is 38.3 Å². The highest BCUT2D eigenvalue weighted by atomic mass is 16.5. The molecule has 0 atom stereocenters. The summed E-state index contributed by atoms with van der Waals surface area (Å²) in [6.45, 7) is 1.41. The van der Waals surface area contributed by atoms with Crippen molar-refractivity contribution in [2.24, 2.45) is 0 Å². The predicted molar refractivity (Wildman–Crippen MR) is 88.8 cm³/mol. The molecule has 0 saturated heterocycles. The van der Waals surface area contributed by atoms with Gasteiger partial charge in [-0.1, -0.05) is 60.7 Å². The van der Waals surface area contributed by atoms with Crippen LogP contribution in [0.2, 0.25) is 0 Å². The number of carbonyl (C=O) groups is 1. The van der Waals surface area contributed by atoms with Crippen molar-refractivity contribution in [3.8, 4) is 0 Å². The minimum Gasteiger partial charge on any atom is -0.385 e. The highest BCUT2D eigenvalue weighted by molar-refractivity contribution is 5.87. The lowest BCUT2D eigenvalue weighted by Crippen LogP contribution is -2.31. The van der Waals surface area contributed by atoms with Crippen LogP contribution in [0.4, 0.5) is 0 Å². The van der Waals surface area contributed by atoms with Crippen LogP contribution >= 0.6 is 0 Å². The molecule has 0 spiro atoms. The van der Waals surface area contributed by atoms with Crippen LogP contribution in [0.15, 0.2) is 60.7 Å². The lowest BCUT2D eigenvalue weighted by Gasteiger charge is -2.18. The monoisotopic (exact) mass is 297 g/mol. The van der Waals surface area contributed by atoms with Gasteiger partial charge in [0, 0.05) is 20.3 Å². The van der Waals surface area contributed by atoms with Crippen molar-refractivity contribution in [1.82, 2.24) is 5.32 Å². The third-order valence-electron chi connectivity index (χ3n) is 3.60. The molecule has 0 aliphatic heterocycles. The number of nitrogens with one attached hydrogen (secondary N) is 1. The summed E-state index contributed by atoms with van der Waals surface area (Å²) in [5, 5.41) is 3.04. The van der Waals surface area contributed by atoms with Gasteiger partial charge in [-0.15, -0.1) is 0 Å². The van der Waals surface area contributed by atoms with E-state index in [1.54, 1.807) is 7.11 Å². The summed E-state index contributed by atoms with van der Waals surface area (Å²) in [5.74, 6) is -0.209. The second kappa shape index (κ2) is 9.00. The first-order valence-corrected chi connectivity index (χ1v) is 7.69. The summed E-state index contributed by atoms with van der Waals surface area (Å²) < 4.78 is 5.02. The highest BCUT2D eigenvalue weighted by Gasteiger charge is 2.21. The third-order valence-corrected chi connectivity index (χ3v) is 3.60. The van der Waals surface area contributed by atoms with Crippen LogP contribution in [0.1, 0.15) is 29.9 Å². The second-order valence-electron chi connectivity index (χ2n) is 5.25. The SMILES string of the molecule is COCCCCNC(=O)C(c1ccccc1)c1ccccc1. The number of amides is 1. The standard InChI is InChI=1S/C19H23NO2/c1-22-15-9-8-14-20-19(21)18(16-10-4-2-5-11-16)17-12-6-3-7-13-17/h2-7,10-13,18H,8-9,14-15H2,1H3,(H,20,21). The Morgan fingerprint density at radius 2 is 1.50 bits per heavy atom. The number of unbranched alkanes of at least 4 members (excludes halogenated alkanes) is 1. The molecule has 3 heteroatoms. The van der Waals surface area contributed by atoms with Crippen LogP contribution in [0.3, 0.4) is 0 Å². The number of carbonyl (C=O) groups excluding carboxylic acids is 1. The Labute approximate surface area is 132 Å². The van der Waals surface area contributed by atoms with E-state index in [0.29, 0.717) is 6.54 Å².